The highest BCUT2D eigenvalue weighted by molar-refractivity contribution is 5.80. The molecule has 110 valence electrons. The Bertz CT molecular complexity index is 791. The average Bonchev–Trinajstić information content (AvgIpc) is 2.50. The van der Waals surface area contributed by atoms with Gasteiger partial charge in [-0.25, -0.2) is 9.89 Å². The summed E-state index contributed by atoms with van der Waals surface area (Å²) in [4.78, 5) is 23.3. The summed E-state index contributed by atoms with van der Waals surface area (Å²) in [5.41, 5.74) is -0.481. The van der Waals surface area contributed by atoms with E-state index in [1.165, 1.54) is 27.4 Å². The second kappa shape index (κ2) is 6.04. The summed E-state index contributed by atoms with van der Waals surface area (Å²) in [7, 11) is 3.05. The molecule has 0 aliphatic carbocycles. The van der Waals surface area contributed by atoms with E-state index in [9.17, 15) is 9.59 Å². The number of benzene rings is 1. The van der Waals surface area contributed by atoms with Crippen molar-refractivity contribution in [2.75, 3.05) is 14.2 Å². The molecule has 0 spiro atoms. The Morgan fingerprint density at radius 2 is 1.95 bits per heavy atom. The second-order valence-electron chi connectivity index (χ2n) is 4.09. The molecule has 2 rings (SSSR count). The number of hydrogen-bond acceptors (Lipinski definition) is 6. The molecule has 0 atom stereocenters. The average molecular weight is 290 g/mol. The highest BCUT2D eigenvalue weighted by Gasteiger charge is 2.05. The first-order chi connectivity index (χ1) is 10.1. The Balaban J connectivity index is 2.41. The van der Waals surface area contributed by atoms with Crippen LogP contribution in [0.15, 0.2) is 32.9 Å². The molecule has 0 amide bonds. The Labute approximate surface area is 119 Å². The lowest BCUT2D eigenvalue weighted by molar-refractivity contribution is 0.355. The first-order valence-electron chi connectivity index (χ1n) is 6.01. The molecule has 1 aromatic heterocycles. The van der Waals surface area contributed by atoms with Crippen LogP contribution in [0.1, 0.15) is 11.3 Å². The number of aryl methyl sites for hydroxylation is 1. The highest BCUT2D eigenvalue weighted by Crippen LogP contribution is 2.26. The van der Waals surface area contributed by atoms with Crippen molar-refractivity contribution >= 4 is 6.21 Å². The standard InChI is InChI=1S/C13H14N4O4/c1-8-12(18)17(13(19)16-15-8)14-7-9-4-5-10(20-2)11(6-9)21-3/h4-7H,1-3H3,(H,16,19)/b14-7-. The third-order valence-corrected chi connectivity index (χ3v) is 2.74. The quantitative estimate of drug-likeness (QED) is 0.807. The van der Waals surface area contributed by atoms with Gasteiger partial charge in [-0.3, -0.25) is 4.79 Å². The molecule has 0 bridgehead atoms. The van der Waals surface area contributed by atoms with E-state index >= 15 is 0 Å². The number of methoxy groups -OCH3 is 2. The molecule has 8 heteroatoms. The molecule has 0 saturated carbocycles. The molecule has 8 nitrogen and oxygen atoms in total. The van der Waals surface area contributed by atoms with Crippen molar-refractivity contribution in [3.8, 4) is 11.5 Å². The minimum atomic E-state index is -0.706. The van der Waals surface area contributed by atoms with Crippen molar-refractivity contribution in [2.24, 2.45) is 5.10 Å². The second-order valence-corrected chi connectivity index (χ2v) is 4.09. The zero-order valence-electron chi connectivity index (χ0n) is 11.8. The van der Waals surface area contributed by atoms with E-state index in [0.29, 0.717) is 21.7 Å². The molecule has 0 aliphatic rings. The van der Waals surface area contributed by atoms with Crippen LogP contribution in [0.2, 0.25) is 0 Å². The zero-order valence-corrected chi connectivity index (χ0v) is 11.8. The van der Waals surface area contributed by atoms with Crippen molar-refractivity contribution < 1.29 is 9.47 Å². The van der Waals surface area contributed by atoms with Gasteiger partial charge < -0.3 is 9.47 Å². The van der Waals surface area contributed by atoms with E-state index in [-0.39, 0.29) is 5.69 Å². The molecule has 0 radical (unpaired) electrons. The topological polar surface area (TPSA) is 98.6 Å². The van der Waals surface area contributed by atoms with Gasteiger partial charge in [-0.2, -0.15) is 10.2 Å². The third-order valence-electron chi connectivity index (χ3n) is 2.74. The van der Waals surface area contributed by atoms with E-state index in [2.05, 4.69) is 15.3 Å². The van der Waals surface area contributed by atoms with Crippen LogP contribution in [-0.4, -0.2) is 35.3 Å². The predicted molar refractivity (Wildman–Crippen MR) is 76.4 cm³/mol. The van der Waals surface area contributed by atoms with Gasteiger partial charge in [0.1, 0.15) is 5.69 Å². The first kappa shape index (κ1) is 14.5. The fraction of sp³-hybridized carbons (Fsp3) is 0.231. The van der Waals surface area contributed by atoms with Crippen molar-refractivity contribution in [3.63, 3.8) is 0 Å². The van der Waals surface area contributed by atoms with E-state index in [1.807, 2.05) is 0 Å². The number of nitrogens with one attached hydrogen (secondary N) is 1. The van der Waals surface area contributed by atoms with Crippen LogP contribution in [0.4, 0.5) is 0 Å². The molecule has 2 aromatic rings. The fourth-order valence-electron chi connectivity index (χ4n) is 1.63. The summed E-state index contributed by atoms with van der Waals surface area (Å²) in [5, 5.41) is 9.61. The largest absolute Gasteiger partial charge is 0.493 e. The number of hydrogen-bond donors (Lipinski definition) is 1. The number of nitrogens with zero attached hydrogens (tertiary/aromatic N) is 3. The molecule has 0 aliphatic heterocycles. The highest BCUT2D eigenvalue weighted by atomic mass is 16.5. The lowest BCUT2D eigenvalue weighted by Gasteiger charge is -2.07. The Morgan fingerprint density at radius 3 is 2.62 bits per heavy atom. The number of ether oxygens (including phenoxy) is 2. The summed E-state index contributed by atoms with van der Waals surface area (Å²) in [5.74, 6) is 1.10. The first-order valence-corrected chi connectivity index (χ1v) is 6.01. The van der Waals surface area contributed by atoms with Gasteiger partial charge in [-0.1, -0.05) is 0 Å². The minimum Gasteiger partial charge on any atom is -0.493 e. The van der Waals surface area contributed by atoms with Crippen LogP contribution in [0.3, 0.4) is 0 Å². The summed E-state index contributed by atoms with van der Waals surface area (Å²) >= 11 is 0. The van der Waals surface area contributed by atoms with Gasteiger partial charge in [0.2, 0.25) is 0 Å². The zero-order chi connectivity index (χ0) is 15.4. The fourth-order valence-corrected chi connectivity index (χ4v) is 1.63. The van der Waals surface area contributed by atoms with Gasteiger partial charge in [-0.05, 0) is 30.7 Å². The van der Waals surface area contributed by atoms with Crippen molar-refractivity contribution in [1.82, 2.24) is 14.9 Å². The summed E-state index contributed by atoms with van der Waals surface area (Å²) in [6.07, 6.45) is 1.37. The number of aromatic amines is 1. The predicted octanol–water partition coefficient (Wildman–Crippen LogP) is 0.139. The van der Waals surface area contributed by atoms with Gasteiger partial charge >= 0.3 is 5.69 Å². The molecule has 0 unspecified atom stereocenters. The Hall–Kier alpha value is -2.90. The molecule has 1 heterocycles. The van der Waals surface area contributed by atoms with E-state index in [1.54, 1.807) is 18.2 Å². The number of H-pyrrole nitrogens is 1. The number of rotatable bonds is 4. The van der Waals surface area contributed by atoms with Crippen LogP contribution in [-0.2, 0) is 0 Å². The summed E-state index contributed by atoms with van der Waals surface area (Å²) < 4.78 is 11.0. The van der Waals surface area contributed by atoms with Gasteiger partial charge in [0.15, 0.2) is 11.5 Å². The van der Waals surface area contributed by atoms with Crippen LogP contribution < -0.4 is 20.7 Å². The summed E-state index contributed by atoms with van der Waals surface area (Å²) in [6.45, 7) is 1.49. The van der Waals surface area contributed by atoms with Crippen LogP contribution in [0.25, 0.3) is 0 Å². The molecule has 21 heavy (non-hydrogen) atoms. The normalized spacial score (nSPS) is 10.8. The van der Waals surface area contributed by atoms with Gasteiger partial charge in [0.05, 0.1) is 20.4 Å². The van der Waals surface area contributed by atoms with Gasteiger partial charge in [0.25, 0.3) is 5.56 Å². The van der Waals surface area contributed by atoms with Crippen molar-refractivity contribution in [2.45, 2.75) is 6.92 Å². The van der Waals surface area contributed by atoms with Crippen LogP contribution >= 0.6 is 0 Å². The van der Waals surface area contributed by atoms with E-state index in [4.69, 9.17) is 9.47 Å². The maximum absolute atomic E-state index is 11.8. The SMILES string of the molecule is COc1ccc(/C=N\n2c(=O)[nH]nc(C)c2=O)cc1OC. The van der Waals surface area contributed by atoms with Crippen LogP contribution in [0.5, 0.6) is 11.5 Å². The minimum absolute atomic E-state index is 0.152. The van der Waals surface area contributed by atoms with Crippen LogP contribution in [0, 0.1) is 6.92 Å². The molecular formula is C13H14N4O4. The molecule has 1 aromatic carbocycles. The van der Waals surface area contributed by atoms with Crippen molar-refractivity contribution in [3.05, 3.63) is 50.3 Å². The monoisotopic (exact) mass is 290 g/mol. The van der Waals surface area contributed by atoms with Gasteiger partial charge in [0, 0.05) is 0 Å². The molecule has 0 saturated heterocycles. The lowest BCUT2D eigenvalue weighted by atomic mass is 10.2. The molecule has 0 fully saturated rings. The van der Waals surface area contributed by atoms with E-state index in [0.717, 1.165) is 0 Å². The summed E-state index contributed by atoms with van der Waals surface area (Å²) in [6, 6.07) is 5.10. The molecule has 1 N–H and O–H groups in total. The third kappa shape index (κ3) is 2.99. The Kier molecular flexibility index (Phi) is 4.17. The molecular weight excluding hydrogens is 276 g/mol. The van der Waals surface area contributed by atoms with Crippen molar-refractivity contribution in [1.29, 1.82) is 0 Å². The Morgan fingerprint density at radius 1 is 1.24 bits per heavy atom. The maximum Gasteiger partial charge on any atom is 0.365 e. The lowest BCUT2D eigenvalue weighted by Crippen LogP contribution is -2.35. The van der Waals surface area contributed by atoms with Gasteiger partial charge in [-0.15, -0.1) is 4.68 Å². The van der Waals surface area contributed by atoms with E-state index < -0.39 is 11.2 Å². The maximum atomic E-state index is 11.8. The smallest absolute Gasteiger partial charge is 0.365 e. The number of aromatic nitrogens is 3.